The summed E-state index contributed by atoms with van der Waals surface area (Å²) in [4.78, 5) is 0. The number of halogens is 4. The zero-order chi connectivity index (χ0) is 14.8. The van der Waals surface area contributed by atoms with Crippen molar-refractivity contribution in [1.29, 1.82) is 0 Å². The molecule has 0 aliphatic heterocycles. The molecule has 0 saturated carbocycles. The number of hydrogen-bond acceptors (Lipinski definition) is 3. The molecule has 0 atom stereocenters. The lowest BCUT2D eigenvalue weighted by molar-refractivity contribution is -0.137. The van der Waals surface area contributed by atoms with Crippen molar-refractivity contribution >= 4 is 28.7 Å². The molecule has 2 aromatic carbocycles. The van der Waals surface area contributed by atoms with Crippen LogP contribution in [0.25, 0.3) is 0 Å². The summed E-state index contributed by atoms with van der Waals surface area (Å²) < 4.78 is 37.6. The van der Waals surface area contributed by atoms with Crippen LogP contribution in [0, 0.1) is 0 Å². The zero-order valence-electron chi connectivity index (χ0n) is 10.0. The van der Waals surface area contributed by atoms with Crippen molar-refractivity contribution in [3.8, 4) is 0 Å². The van der Waals surface area contributed by atoms with Crippen LogP contribution < -0.4 is 5.73 Å². The Morgan fingerprint density at radius 3 is 2.20 bits per heavy atom. The van der Waals surface area contributed by atoms with Crippen LogP contribution in [0.5, 0.6) is 0 Å². The largest absolute Gasteiger partial charge is 0.416 e. The van der Waals surface area contributed by atoms with E-state index in [1.54, 1.807) is 12.1 Å². The van der Waals surface area contributed by atoms with Gasteiger partial charge in [-0.3, -0.25) is 0 Å². The summed E-state index contributed by atoms with van der Waals surface area (Å²) in [5.74, 6) is 0. The third-order valence-electron chi connectivity index (χ3n) is 2.44. The van der Waals surface area contributed by atoms with E-state index in [0.29, 0.717) is 16.4 Å². The fourth-order valence-corrected chi connectivity index (χ4v) is 1.61. The topological polar surface area (TPSA) is 50.7 Å². The van der Waals surface area contributed by atoms with Crippen LogP contribution in [0.15, 0.2) is 52.7 Å². The molecule has 0 heterocycles. The van der Waals surface area contributed by atoms with E-state index < -0.39 is 11.7 Å². The Kier molecular flexibility index (Phi) is 3.94. The van der Waals surface area contributed by atoms with E-state index in [1.165, 1.54) is 18.2 Å². The highest BCUT2D eigenvalue weighted by Crippen LogP contribution is 2.32. The van der Waals surface area contributed by atoms with Gasteiger partial charge in [-0.15, -0.1) is 0 Å². The Bertz CT molecular complexity index is 654. The third kappa shape index (κ3) is 3.48. The maximum atomic E-state index is 12.5. The lowest BCUT2D eigenvalue weighted by atomic mass is 10.2. The summed E-state index contributed by atoms with van der Waals surface area (Å²) in [6.07, 6.45) is -4.41. The quantitative estimate of drug-likeness (QED) is 0.589. The fraction of sp³-hybridized carbons (Fsp3) is 0.0769. The van der Waals surface area contributed by atoms with Gasteiger partial charge in [0.25, 0.3) is 0 Å². The molecule has 0 radical (unpaired) electrons. The molecule has 0 aliphatic rings. The summed E-state index contributed by atoms with van der Waals surface area (Å²) in [6.45, 7) is 0. The van der Waals surface area contributed by atoms with Crippen LogP contribution in [-0.2, 0) is 6.18 Å². The van der Waals surface area contributed by atoms with Gasteiger partial charge in [-0.1, -0.05) is 17.7 Å². The summed E-state index contributed by atoms with van der Waals surface area (Å²) in [6, 6.07) is 9.18. The third-order valence-corrected chi connectivity index (χ3v) is 2.77. The number of benzene rings is 2. The van der Waals surface area contributed by atoms with E-state index in [0.717, 1.165) is 12.1 Å². The molecule has 0 spiro atoms. The fourth-order valence-electron chi connectivity index (χ4n) is 1.44. The van der Waals surface area contributed by atoms with Gasteiger partial charge in [0.05, 0.1) is 27.6 Å². The summed E-state index contributed by atoms with van der Waals surface area (Å²) in [7, 11) is 0. The van der Waals surface area contributed by atoms with Gasteiger partial charge in [0.15, 0.2) is 0 Å². The molecule has 0 bridgehead atoms. The van der Waals surface area contributed by atoms with Gasteiger partial charge in [0.2, 0.25) is 0 Å². The van der Waals surface area contributed by atoms with E-state index in [-0.39, 0.29) is 5.69 Å². The van der Waals surface area contributed by atoms with Crippen LogP contribution in [0.2, 0.25) is 5.02 Å². The highest BCUT2D eigenvalue weighted by molar-refractivity contribution is 6.33. The van der Waals surface area contributed by atoms with Crippen LogP contribution in [0.1, 0.15) is 5.56 Å². The first-order valence-corrected chi connectivity index (χ1v) is 5.88. The zero-order valence-corrected chi connectivity index (χ0v) is 10.8. The van der Waals surface area contributed by atoms with E-state index >= 15 is 0 Å². The van der Waals surface area contributed by atoms with Gasteiger partial charge < -0.3 is 5.73 Å². The molecule has 0 aliphatic carbocycles. The predicted molar refractivity (Wildman–Crippen MR) is 71.5 cm³/mol. The smallest absolute Gasteiger partial charge is 0.398 e. The Labute approximate surface area is 117 Å². The highest BCUT2D eigenvalue weighted by Gasteiger charge is 2.30. The lowest BCUT2D eigenvalue weighted by Gasteiger charge is -2.05. The first kappa shape index (κ1) is 14.3. The van der Waals surface area contributed by atoms with Crippen molar-refractivity contribution < 1.29 is 13.2 Å². The molecule has 2 aromatic rings. The molecular weight excluding hydrogens is 291 g/mol. The SMILES string of the molecule is Nc1ccc(N=Nc2cccc(C(F)(F)F)c2)cc1Cl. The summed E-state index contributed by atoms with van der Waals surface area (Å²) >= 11 is 5.81. The Hall–Kier alpha value is -2.08. The highest BCUT2D eigenvalue weighted by atomic mass is 35.5. The number of nitrogens with two attached hydrogens (primary N) is 1. The normalized spacial score (nSPS) is 12.0. The number of rotatable bonds is 2. The van der Waals surface area contributed by atoms with Gasteiger partial charge in [0.1, 0.15) is 0 Å². The van der Waals surface area contributed by atoms with Crippen LogP contribution >= 0.6 is 11.6 Å². The van der Waals surface area contributed by atoms with Crippen molar-refractivity contribution in [2.45, 2.75) is 6.18 Å². The minimum atomic E-state index is -4.41. The van der Waals surface area contributed by atoms with Gasteiger partial charge in [-0.2, -0.15) is 23.4 Å². The van der Waals surface area contributed by atoms with E-state index in [1.807, 2.05) is 0 Å². The molecule has 0 unspecified atom stereocenters. The van der Waals surface area contributed by atoms with Crippen molar-refractivity contribution in [2.24, 2.45) is 10.2 Å². The predicted octanol–water partition coefficient (Wildman–Crippen LogP) is 5.36. The first-order valence-electron chi connectivity index (χ1n) is 5.50. The van der Waals surface area contributed by atoms with Crippen LogP contribution in [-0.4, -0.2) is 0 Å². The van der Waals surface area contributed by atoms with Gasteiger partial charge in [-0.05, 0) is 36.4 Å². The van der Waals surface area contributed by atoms with E-state index in [2.05, 4.69) is 10.2 Å². The number of nitrogen functional groups attached to an aromatic ring is 1. The van der Waals surface area contributed by atoms with Crippen LogP contribution in [0.3, 0.4) is 0 Å². The standard InChI is InChI=1S/C13H9ClF3N3/c14-11-7-10(4-5-12(11)18)20-19-9-3-1-2-8(6-9)13(15,16)17/h1-7H,18H2. The van der Waals surface area contributed by atoms with Crippen molar-refractivity contribution in [1.82, 2.24) is 0 Å². The number of nitrogens with zero attached hydrogens (tertiary/aromatic N) is 2. The van der Waals surface area contributed by atoms with Gasteiger partial charge in [0, 0.05) is 0 Å². The first-order chi connectivity index (χ1) is 9.36. The minimum absolute atomic E-state index is 0.104. The number of hydrogen-bond donors (Lipinski definition) is 1. The minimum Gasteiger partial charge on any atom is -0.398 e. The average molecular weight is 300 g/mol. The molecule has 0 aromatic heterocycles. The van der Waals surface area contributed by atoms with Gasteiger partial charge in [-0.25, -0.2) is 0 Å². The molecule has 2 N–H and O–H groups in total. The molecule has 7 heteroatoms. The second-order valence-electron chi connectivity index (χ2n) is 3.95. The number of anilines is 1. The summed E-state index contributed by atoms with van der Waals surface area (Å²) in [5, 5.41) is 7.88. The molecule has 3 nitrogen and oxygen atoms in total. The maximum Gasteiger partial charge on any atom is 0.416 e. The molecule has 104 valence electrons. The van der Waals surface area contributed by atoms with Gasteiger partial charge >= 0.3 is 6.18 Å². The van der Waals surface area contributed by atoms with Crippen molar-refractivity contribution in [2.75, 3.05) is 5.73 Å². The maximum absolute atomic E-state index is 12.5. The van der Waals surface area contributed by atoms with Crippen LogP contribution in [0.4, 0.5) is 30.2 Å². The molecule has 2 rings (SSSR count). The van der Waals surface area contributed by atoms with Crippen molar-refractivity contribution in [3.63, 3.8) is 0 Å². The molecule has 0 saturated heterocycles. The lowest BCUT2D eigenvalue weighted by Crippen LogP contribution is -2.03. The van der Waals surface area contributed by atoms with Crippen molar-refractivity contribution in [3.05, 3.63) is 53.1 Å². The molecule has 20 heavy (non-hydrogen) atoms. The number of azo groups is 1. The summed E-state index contributed by atoms with van der Waals surface area (Å²) in [5.41, 5.74) is 5.66. The van der Waals surface area contributed by atoms with E-state index in [4.69, 9.17) is 17.3 Å². The second kappa shape index (κ2) is 5.50. The monoisotopic (exact) mass is 299 g/mol. The molecule has 0 amide bonds. The van der Waals surface area contributed by atoms with E-state index in [9.17, 15) is 13.2 Å². The molecule has 0 fully saturated rings. The Morgan fingerprint density at radius 1 is 0.950 bits per heavy atom. The second-order valence-corrected chi connectivity index (χ2v) is 4.36. The average Bonchev–Trinajstić information content (AvgIpc) is 2.39. The Morgan fingerprint density at radius 2 is 1.60 bits per heavy atom. The number of alkyl halides is 3. The Balaban J connectivity index is 2.25. The molecular formula is C13H9ClF3N3.